The molecule has 0 spiro atoms. The van der Waals surface area contributed by atoms with Gasteiger partial charge in [-0.05, 0) is 24.1 Å². The Kier molecular flexibility index (Phi) is 8.11. The molecule has 0 saturated carbocycles. The monoisotopic (exact) mass is 276 g/mol. The van der Waals surface area contributed by atoms with E-state index in [1.54, 1.807) is 13.3 Å². The van der Waals surface area contributed by atoms with Crippen molar-refractivity contribution >= 4 is 12.1 Å². The third-order valence-corrected chi connectivity index (χ3v) is 3.00. The third-order valence-electron chi connectivity index (χ3n) is 3.00. The highest BCUT2D eigenvalue weighted by atomic mass is 16.5. The number of carbonyl (C=O) groups excluding carboxylic acids is 1. The predicted molar refractivity (Wildman–Crippen MR) is 82.1 cm³/mol. The van der Waals surface area contributed by atoms with Crippen molar-refractivity contribution in [3.05, 3.63) is 29.8 Å². The second-order valence-corrected chi connectivity index (χ2v) is 4.73. The quantitative estimate of drug-likeness (QED) is 0.426. The predicted octanol–water partition coefficient (Wildman–Crippen LogP) is 3.51. The lowest BCUT2D eigenvalue weighted by Crippen LogP contribution is -2.16. The zero-order valence-electron chi connectivity index (χ0n) is 12.4. The number of hydrogen-bond acceptors (Lipinski definition) is 3. The summed E-state index contributed by atoms with van der Waals surface area (Å²) in [5, 5.41) is 3.95. The molecule has 1 amide bonds. The number of amides is 1. The van der Waals surface area contributed by atoms with Gasteiger partial charge in [0, 0.05) is 6.42 Å². The first kappa shape index (κ1) is 16.2. The molecule has 1 rings (SSSR count). The molecule has 0 aliphatic rings. The first-order valence-corrected chi connectivity index (χ1v) is 7.22. The summed E-state index contributed by atoms with van der Waals surface area (Å²) in [5.74, 6) is 0.747. The van der Waals surface area contributed by atoms with Crippen LogP contribution >= 0.6 is 0 Å². The minimum Gasteiger partial charge on any atom is -0.497 e. The average Bonchev–Trinajstić information content (AvgIpc) is 2.47. The molecule has 1 aromatic rings. The maximum absolute atomic E-state index is 11.5. The summed E-state index contributed by atoms with van der Waals surface area (Å²) in [6.07, 6.45) is 7.88. The van der Waals surface area contributed by atoms with Crippen molar-refractivity contribution in [1.29, 1.82) is 0 Å². The number of nitrogens with zero attached hydrogens (tertiary/aromatic N) is 1. The maximum Gasteiger partial charge on any atom is 0.240 e. The second kappa shape index (κ2) is 10.0. The molecule has 0 unspecified atom stereocenters. The van der Waals surface area contributed by atoms with E-state index in [2.05, 4.69) is 17.5 Å². The Bertz CT molecular complexity index is 430. The van der Waals surface area contributed by atoms with Crippen LogP contribution in [-0.4, -0.2) is 19.2 Å². The van der Waals surface area contributed by atoms with Crippen molar-refractivity contribution in [3.8, 4) is 5.75 Å². The molecule has 0 fully saturated rings. The number of carbonyl (C=O) groups is 1. The van der Waals surface area contributed by atoms with E-state index < -0.39 is 0 Å². The smallest absolute Gasteiger partial charge is 0.240 e. The van der Waals surface area contributed by atoms with E-state index in [1.165, 1.54) is 19.3 Å². The van der Waals surface area contributed by atoms with Crippen molar-refractivity contribution in [3.63, 3.8) is 0 Å². The van der Waals surface area contributed by atoms with E-state index >= 15 is 0 Å². The van der Waals surface area contributed by atoms with Crippen LogP contribution in [0.3, 0.4) is 0 Å². The molecular weight excluding hydrogens is 252 g/mol. The van der Waals surface area contributed by atoms with Gasteiger partial charge in [-0.3, -0.25) is 4.79 Å². The number of hydrogen-bond donors (Lipinski definition) is 1. The van der Waals surface area contributed by atoms with Crippen molar-refractivity contribution in [2.75, 3.05) is 7.11 Å². The fourth-order valence-corrected chi connectivity index (χ4v) is 1.85. The molecule has 4 heteroatoms. The van der Waals surface area contributed by atoms with Crippen LogP contribution in [0.5, 0.6) is 5.75 Å². The molecule has 0 heterocycles. The van der Waals surface area contributed by atoms with E-state index in [0.717, 1.165) is 24.2 Å². The molecule has 0 bridgehead atoms. The summed E-state index contributed by atoms with van der Waals surface area (Å²) < 4.78 is 5.12. The minimum absolute atomic E-state index is 0.0272. The van der Waals surface area contributed by atoms with Crippen LogP contribution in [0.1, 0.15) is 51.0 Å². The highest BCUT2D eigenvalue weighted by Crippen LogP contribution is 2.10. The number of benzene rings is 1. The van der Waals surface area contributed by atoms with Crippen LogP contribution in [0.2, 0.25) is 0 Å². The lowest BCUT2D eigenvalue weighted by Gasteiger charge is -2.01. The molecule has 0 radical (unpaired) electrons. The third kappa shape index (κ3) is 6.92. The van der Waals surface area contributed by atoms with Gasteiger partial charge >= 0.3 is 0 Å². The lowest BCUT2D eigenvalue weighted by atomic mass is 10.1. The van der Waals surface area contributed by atoms with E-state index in [-0.39, 0.29) is 5.91 Å². The van der Waals surface area contributed by atoms with E-state index in [1.807, 2.05) is 24.3 Å². The Balaban J connectivity index is 2.24. The Morgan fingerprint density at radius 2 is 2.10 bits per heavy atom. The molecule has 20 heavy (non-hydrogen) atoms. The Labute approximate surface area is 121 Å². The summed E-state index contributed by atoms with van der Waals surface area (Å²) in [5.41, 5.74) is 3.45. The second-order valence-electron chi connectivity index (χ2n) is 4.73. The van der Waals surface area contributed by atoms with Gasteiger partial charge < -0.3 is 4.74 Å². The van der Waals surface area contributed by atoms with Gasteiger partial charge in [-0.25, -0.2) is 5.43 Å². The molecule has 0 aliphatic heterocycles. The summed E-state index contributed by atoms with van der Waals surface area (Å²) in [7, 11) is 1.62. The highest BCUT2D eigenvalue weighted by Gasteiger charge is 1.99. The van der Waals surface area contributed by atoms with Gasteiger partial charge in [-0.1, -0.05) is 44.7 Å². The molecular formula is C16H24N2O2. The van der Waals surface area contributed by atoms with Crippen LogP contribution in [0.4, 0.5) is 0 Å². The van der Waals surface area contributed by atoms with Gasteiger partial charge in [-0.15, -0.1) is 0 Å². The first-order chi connectivity index (χ1) is 9.76. The van der Waals surface area contributed by atoms with Crippen molar-refractivity contribution in [2.45, 2.75) is 45.4 Å². The summed E-state index contributed by atoms with van der Waals surface area (Å²) in [6.45, 7) is 2.18. The molecule has 1 aromatic carbocycles. The fraction of sp³-hybridized carbons (Fsp3) is 0.500. The van der Waals surface area contributed by atoms with Gasteiger partial charge in [0.2, 0.25) is 5.91 Å². The molecule has 110 valence electrons. The summed E-state index contributed by atoms with van der Waals surface area (Å²) in [4.78, 5) is 11.5. The normalized spacial score (nSPS) is 10.7. The number of unbranched alkanes of at least 4 members (excludes halogenated alkanes) is 4. The highest BCUT2D eigenvalue weighted by molar-refractivity contribution is 5.82. The topological polar surface area (TPSA) is 50.7 Å². The lowest BCUT2D eigenvalue weighted by molar-refractivity contribution is -0.121. The summed E-state index contributed by atoms with van der Waals surface area (Å²) >= 11 is 0. The van der Waals surface area contributed by atoms with Crippen molar-refractivity contribution < 1.29 is 9.53 Å². The van der Waals surface area contributed by atoms with Gasteiger partial charge in [-0.2, -0.15) is 5.10 Å². The van der Waals surface area contributed by atoms with Crippen LogP contribution in [0, 0.1) is 0 Å². The molecule has 0 aliphatic carbocycles. The zero-order valence-corrected chi connectivity index (χ0v) is 12.4. The van der Waals surface area contributed by atoms with Gasteiger partial charge in [0.1, 0.15) is 5.75 Å². The standard InChI is InChI=1S/C16H24N2O2/c1-3-4-5-6-7-11-16(19)18-17-13-14-9-8-10-15(12-14)20-2/h8-10,12-13H,3-7,11H2,1-2H3,(H,18,19)/b17-13-. The van der Waals surface area contributed by atoms with Crippen LogP contribution < -0.4 is 10.2 Å². The molecule has 1 N–H and O–H groups in total. The Morgan fingerprint density at radius 1 is 1.30 bits per heavy atom. The van der Waals surface area contributed by atoms with Crippen molar-refractivity contribution in [2.24, 2.45) is 5.10 Å². The number of nitrogens with one attached hydrogen (secondary N) is 1. The Hall–Kier alpha value is -1.84. The van der Waals surface area contributed by atoms with E-state index in [0.29, 0.717) is 6.42 Å². The molecule has 4 nitrogen and oxygen atoms in total. The number of ether oxygens (including phenoxy) is 1. The van der Waals surface area contributed by atoms with Crippen LogP contribution in [-0.2, 0) is 4.79 Å². The SMILES string of the molecule is CCCCCCCC(=O)N/N=C\c1cccc(OC)c1. The molecule has 0 saturated heterocycles. The van der Waals surface area contributed by atoms with Gasteiger partial charge in [0.25, 0.3) is 0 Å². The molecule has 0 aromatic heterocycles. The Morgan fingerprint density at radius 3 is 2.85 bits per heavy atom. The number of hydrazone groups is 1. The van der Waals surface area contributed by atoms with Crippen LogP contribution in [0.15, 0.2) is 29.4 Å². The largest absolute Gasteiger partial charge is 0.497 e. The number of rotatable bonds is 9. The van der Waals surface area contributed by atoms with Gasteiger partial charge in [0.15, 0.2) is 0 Å². The average molecular weight is 276 g/mol. The van der Waals surface area contributed by atoms with Crippen molar-refractivity contribution in [1.82, 2.24) is 5.43 Å². The number of methoxy groups -OCH3 is 1. The molecule has 0 atom stereocenters. The minimum atomic E-state index is -0.0272. The summed E-state index contributed by atoms with van der Waals surface area (Å²) in [6, 6.07) is 7.52. The van der Waals surface area contributed by atoms with E-state index in [9.17, 15) is 4.79 Å². The fourth-order valence-electron chi connectivity index (χ4n) is 1.85. The zero-order chi connectivity index (χ0) is 14.6. The maximum atomic E-state index is 11.5. The van der Waals surface area contributed by atoms with E-state index in [4.69, 9.17) is 4.74 Å². The first-order valence-electron chi connectivity index (χ1n) is 7.22. The van der Waals surface area contributed by atoms with Crippen LogP contribution in [0.25, 0.3) is 0 Å². The van der Waals surface area contributed by atoms with Gasteiger partial charge in [0.05, 0.1) is 13.3 Å².